The number of fused-ring (bicyclic) bond motifs is 3. The number of halogens is 5. The van der Waals surface area contributed by atoms with Gasteiger partial charge in [0.05, 0.1) is 36.4 Å². The van der Waals surface area contributed by atoms with Crippen molar-refractivity contribution in [1.29, 1.82) is 0 Å². The van der Waals surface area contributed by atoms with Crippen molar-refractivity contribution in [2.24, 2.45) is 0 Å². The average molecular weight is 428 g/mol. The van der Waals surface area contributed by atoms with Crippen LogP contribution >= 0.6 is 0 Å². The first kappa shape index (κ1) is 20.0. The zero-order valence-electron chi connectivity index (χ0n) is 15.3. The van der Waals surface area contributed by atoms with E-state index in [2.05, 4.69) is 10.1 Å². The van der Waals surface area contributed by atoms with E-state index in [0.29, 0.717) is 11.8 Å². The number of nitrogens with zero attached hydrogens (tertiary/aromatic N) is 3. The lowest BCUT2D eigenvalue weighted by atomic mass is 9.95. The molecule has 1 aliphatic rings. The van der Waals surface area contributed by atoms with Crippen LogP contribution in [0.15, 0.2) is 29.3 Å². The Kier molecular flexibility index (Phi) is 4.60. The van der Waals surface area contributed by atoms with Crippen molar-refractivity contribution in [3.8, 4) is 0 Å². The fraction of sp³-hybridized carbons (Fsp3) is 0.278. The number of pyridine rings is 1. The molecule has 7 nitrogen and oxygen atoms in total. The van der Waals surface area contributed by atoms with Gasteiger partial charge < -0.3 is 14.6 Å². The van der Waals surface area contributed by atoms with Crippen LogP contribution in [-0.4, -0.2) is 39.2 Å². The summed E-state index contributed by atoms with van der Waals surface area (Å²) in [4.78, 5) is 28.6. The van der Waals surface area contributed by atoms with Crippen molar-refractivity contribution in [1.82, 2.24) is 19.7 Å². The number of aromatic nitrogens is 3. The lowest BCUT2D eigenvalue weighted by Gasteiger charge is -2.33. The maximum absolute atomic E-state index is 13.9. The lowest BCUT2D eigenvalue weighted by Crippen LogP contribution is -2.37. The van der Waals surface area contributed by atoms with Gasteiger partial charge in [-0.15, -0.1) is 13.2 Å². The minimum absolute atomic E-state index is 0.0377. The van der Waals surface area contributed by atoms with Gasteiger partial charge in [0.15, 0.2) is 11.6 Å². The van der Waals surface area contributed by atoms with Crippen LogP contribution in [0.2, 0.25) is 0 Å². The van der Waals surface area contributed by atoms with E-state index >= 15 is 0 Å². The van der Waals surface area contributed by atoms with Gasteiger partial charge in [-0.1, -0.05) is 0 Å². The maximum Gasteiger partial charge on any atom is 0.504 e. The highest BCUT2D eigenvalue weighted by Gasteiger charge is 2.35. The molecule has 3 aromatic rings. The van der Waals surface area contributed by atoms with Gasteiger partial charge in [0.1, 0.15) is 0 Å². The monoisotopic (exact) mass is 428 g/mol. The Balaban J connectivity index is 1.80. The number of hydrogen-bond donors (Lipinski definition) is 1. The van der Waals surface area contributed by atoms with Crippen LogP contribution in [0.4, 0.5) is 22.0 Å². The quantitative estimate of drug-likeness (QED) is 0.637. The van der Waals surface area contributed by atoms with Gasteiger partial charge in [-0.25, -0.2) is 8.78 Å². The van der Waals surface area contributed by atoms with Gasteiger partial charge in [-0.2, -0.15) is 9.78 Å². The SMILES string of the molecule is CN(C(=O)c1cnn(C(F)(F)F)c1)C1COCc2[nH]c(=O)c3cc(F)c(F)cc3c21. The second-order valence-electron chi connectivity index (χ2n) is 6.75. The second-order valence-corrected chi connectivity index (χ2v) is 6.75. The smallest absolute Gasteiger partial charge is 0.373 e. The molecule has 158 valence electrons. The number of aromatic amines is 1. The fourth-order valence-corrected chi connectivity index (χ4v) is 3.46. The molecular weight excluding hydrogens is 415 g/mol. The molecule has 1 aromatic carbocycles. The number of nitrogens with one attached hydrogen (secondary N) is 1. The molecule has 0 spiro atoms. The molecule has 0 bridgehead atoms. The van der Waals surface area contributed by atoms with E-state index in [0.717, 1.165) is 23.2 Å². The molecule has 1 aliphatic heterocycles. The normalized spacial score (nSPS) is 16.5. The van der Waals surface area contributed by atoms with Crippen LogP contribution in [0.25, 0.3) is 10.8 Å². The van der Waals surface area contributed by atoms with Crippen molar-refractivity contribution >= 4 is 16.7 Å². The van der Waals surface area contributed by atoms with Crippen molar-refractivity contribution < 1.29 is 31.5 Å². The number of H-pyrrole nitrogens is 1. The summed E-state index contributed by atoms with van der Waals surface area (Å²) in [6.45, 7) is -0.104. The largest absolute Gasteiger partial charge is 0.504 e. The Bertz CT molecular complexity index is 1220. The van der Waals surface area contributed by atoms with Gasteiger partial charge >= 0.3 is 6.30 Å². The van der Waals surface area contributed by atoms with Gasteiger partial charge in [0, 0.05) is 24.5 Å². The molecule has 2 aromatic heterocycles. The molecule has 1 atom stereocenters. The van der Waals surface area contributed by atoms with Crippen molar-refractivity contribution in [2.75, 3.05) is 13.7 Å². The molecule has 1 amide bonds. The standard InChI is InChI=1S/C18H13F5N4O3/c1-26(17(29)8-4-24-27(5-8)18(21,22)23)14-7-30-6-13-15(14)9-2-11(19)12(20)3-10(9)16(28)25-13/h2-5,14H,6-7H2,1H3,(H,25,28). The Labute approximate surface area is 164 Å². The summed E-state index contributed by atoms with van der Waals surface area (Å²) in [6.07, 6.45) is -3.46. The number of benzene rings is 1. The highest BCUT2D eigenvalue weighted by molar-refractivity contribution is 5.94. The number of carbonyl (C=O) groups excluding carboxylic acids is 1. The zero-order valence-corrected chi connectivity index (χ0v) is 15.3. The molecule has 0 aliphatic carbocycles. The van der Waals surface area contributed by atoms with Crippen molar-refractivity contribution in [3.63, 3.8) is 0 Å². The first-order chi connectivity index (χ1) is 14.1. The Morgan fingerprint density at radius 3 is 2.57 bits per heavy atom. The van der Waals surface area contributed by atoms with Crippen LogP contribution < -0.4 is 5.56 Å². The molecule has 0 saturated carbocycles. The van der Waals surface area contributed by atoms with E-state index in [4.69, 9.17) is 4.74 Å². The van der Waals surface area contributed by atoms with Crippen LogP contribution in [0.1, 0.15) is 27.7 Å². The molecule has 0 fully saturated rings. The second kappa shape index (κ2) is 6.90. The third-order valence-corrected chi connectivity index (χ3v) is 4.92. The summed E-state index contributed by atoms with van der Waals surface area (Å²) in [5.74, 6) is -3.18. The summed E-state index contributed by atoms with van der Waals surface area (Å²) in [5, 5.41) is 3.11. The van der Waals surface area contributed by atoms with Gasteiger partial charge in [0.25, 0.3) is 11.5 Å². The summed E-state index contributed by atoms with van der Waals surface area (Å²) in [7, 11) is 1.33. The molecule has 3 heterocycles. The first-order valence-electron chi connectivity index (χ1n) is 8.58. The minimum atomic E-state index is -4.78. The average Bonchev–Trinajstić information content (AvgIpc) is 3.18. The maximum atomic E-state index is 13.9. The highest BCUT2D eigenvalue weighted by Crippen LogP contribution is 2.34. The van der Waals surface area contributed by atoms with E-state index in [1.165, 1.54) is 7.05 Å². The lowest BCUT2D eigenvalue weighted by molar-refractivity contribution is -0.212. The molecule has 30 heavy (non-hydrogen) atoms. The molecule has 4 rings (SSSR count). The van der Waals surface area contributed by atoms with E-state index < -0.39 is 35.4 Å². The van der Waals surface area contributed by atoms with Crippen LogP contribution in [0.3, 0.4) is 0 Å². The molecule has 0 radical (unpaired) electrons. The minimum Gasteiger partial charge on any atom is -0.373 e. The highest BCUT2D eigenvalue weighted by atomic mass is 19.4. The Morgan fingerprint density at radius 1 is 1.27 bits per heavy atom. The zero-order chi connectivity index (χ0) is 21.8. The van der Waals surface area contributed by atoms with Gasteiger partial charge in [0.2, 0.25) is 0 Å². The summed E-state index contributed by atoms with van der Waals surface area (Å²) in [6, 6.07) is 0.738. The fourth-order valence-electron chi connectivity index (χ4n) is 3.46. The first-order valence-corrected chi connectivity index (χ1v) is 8.58. The molecule has 0 saturated heterocycles. The van der Waals surface area contributed by atoms with Crippen LogP contribution in [0.5, 0.6) is 0 Å². The predicted molar refractivity (Wildman–Crippen MR) is 92.5 cm³/mol. The molecule has 1 N–H and O–H groups in total. The van der Waals surface area contributed by atoms with Crippen molar-refractivity contribution in [3.05, 3.63) is 63.3 Å². The number of amides is 1. The number of alkyl halides is 3. The predicted octanol–water partition coefficient (Wildman–Crippen LogP) is 2.82. The van der Waals surface area contributed by atoms with Crippen molar-refractivity contribution in [2.45, 2.75) is 18.9 Å². The van der Waals surface area contributed by atoms with E-state index in [1.807, 2.05) is 0 Å². The summed E-state index contributed by atoms with van der Waals surface area (Å²) < 4.78 is 70.9. The van der Waals surface area contributed by atoms with Gasteiger partial charge in [-0.3, -0.25) is 9.59 Å². The van der Waals surface area contributed by atoms with Crippen LogP contribution in [0, 0.1) is 11.6 Å². The number of hydrogen-bond acceptors (Lipinski definition) is 4. The van der Waals surface area contributed by atoms with E-state index in [9.17, 15) is 31.5 Å². The number of carbonyl (C=O) groups is 1. The number of likely N-dealkylation sites (N-methyl/N-ethyl adjacent to an activating group) is 1. The van der Waals surface area contributed by atoms with Crippen LogP contribution in [-0.2, 0) is 17.6 Å². The summed E-state index contributed by atoms with van der Waals surface area (Å²) >= 11 is 0. The third kappa shape index (κ3) is 3.22. The van der Waals surface area contributed by atoms with E-state index in [-0.39, 0.29) is 39.9 Å². The number of ether oxygens (including phenoxy) is 1. The topological polar surface area (TPSA) is 80.2 Å². The molecular formula is C18H13F5N4O3. The van der Waals surface area contributed by atoms with Gasteiger partial charge in [-0.05, 0) is 17.5 Å². The molecule has 12 heteroatoms. The third-order valence-electron chi connectivity index (χ3n) is 4.92. The Morgan fingerprint density at radius 2 is 1.93 bits per heavy atom. The molecule has 1 unspecified atom stereocenters. The number of rotatable bonds is 2. The van der Waals surface area contributed by atoms with E-state index in [1.54, 1.807) is 0 Å². The Hall–Kier alpha value is -3.28. The summed E-state index contributed by atoms with van der Waals surface area (Å²) in [5.41, 5.74) is -0.394.